The second-order valence-corrected chi connectivity index (χ2v) is 6.74. The first-order valence-corrected chi connectivity index (χ1v) is 7.66. The van der Waals surface area contributed by atoms with E-state index in [1.165, 1.54) is 36.4 Å². The van der Waals surface area contributed by atoms with Gasteiger partial charge in [-0.1, -0.05) is 6.07 Å². The molecule has 2 amide bonds. The standard InChI is InChI=1S/C17H19F2N2O2/c1-16(19)5-7-17(8-6-16)10-13(14(20)22)21(15(17)23)12-4-2-3-11(18)9-12/h2-5,9,13H,6-8,10H2,1H3,(H2,20,22). The highest BCUT2D eigenvalue weighted by molar-refractivity contribution is 6.06. The minimum atomic E-state index is -1.40. The zero-order valence-corrected chi connectivity index (χ0v) is 12.9. The van der Waals surface area contributed by atoms with Gasteiger partial charge in [0, 0.05) is 5.69 Å². The van der Waals surface area contributed by atoms with Crippen LogP contribution in [-0.2, 0) is 9.59 Å². The number of halogens is 2. The van der Waals surface area contributed by atoms with Gasteiger partial charge >= 0.3 is 0 Å². The lowest BCUT2D eigenvalue weighted by atomic mass is 9.68. The van der Waals surface area contributed by atoms with Crippen molar-refractivity contribution in [1.82, 2.24) is 0 Å². The normalized spacial score (nSPS) is 34.1. The van der Waals surface area contributed by atoms with Crippen molar-refractivity contribution in [2.75, 3.05) is 4.90 Å². The lowest BCUT2D eigenvalue weighted by Crippen LogP contribution is -2.44. The first kappa shape index (κ1) is 15.9. The minimum Gasteiger partial charge on any atom is -0.368 e. The molecule has 23 heavy (non-hydrogen) atoms. The number of carbonyl (C=O) groups is 2. The van der Waals surface area contributed by atoms with Crippen molar-refractivity contribution in [2.45, 2.75) is 44.3 Å². The molecule has 2 aliphatic rings. The Morgan fingerprint density at radius 2 is 2.13 bits per heavy atom. The summed E-state index contributed by atoms with van der Waals surface area (Å²) in [4.78, 5) is 26.1. The zero-order chi connectivity index (χ0) is 16.8. The average Bonchev–Trinajstić information content (AvgIpc) is 2.76. The molecule has 0 bridgehead atoms. The predicted molar refractivity (Wildman–Crippen MR) is 81.6 cm³/mol. The number of primary amides is 1. The van der Waals surface area contributed by atoms with E-state index >= 15 is 0 Å². The first-order chi connectivity index (χ1) is 10.7. The largest absolute Gasteiger partial charge is 0.368 e. The summed E-state index contributed by atoms with van der Waals surface area (Å²) in [6.45, 7) is 1.48. The molecule has 2 fully saturated rings. The second kappa shape index (κ2) is 5.28. The van der Waals surface area contributed by atoms with Gasteiger partial charge in [-0.2, -0.15) is 0 Å². The molecule has 3 unspecified atom stereocenters. The molecule has 6 heteroatoms. The average molecular weight is 321 g/mol. The molecule has 0 aromatic heterocycles. The number of benzene rings is 1. The third kappa shape index (κ3) is 2.71. The molecular formula is C17H19F2N2O2. The smallest absolute Gasteiger partial charge is 0.240 e. The van der Waals surface area contributed by atoms with Gasteiger partial charge in [-0.05, 0) is 57.2 Å². The summed E-state index contributed by atoms with van der Waals surface area (Å²) >= 11 is 0. The summed E-state index contributed by atoms with van der Waals surface area (Å²) in [5, 5.41) is 0. The van der Waals surface area contributed by atoms with Gasteiger partial charge in [0.2, 0.25) is 11.8 Å². The number of nitrogens with zero attached hydrogens (tertiary/aromatic N) is 1. The number of hydrogen-bond acceptors (Lipinski definition) is 2. The summed E-state index contributed by atoms with van der Waals surface area (Å²) in [6, 6.07) is 4.69. The molecule has 1 radical (unpaired) electrons. The molecule has 2 N–H and O–H groups in total. The SMILES string of the molecule is CC1(F)[CH]CC2(CC1)CC(C(N)=O)N(c1cccc(F)c1)C2=O. The highest BCUT2D eigenvalue weighted by Gasteiger charge is 2.56. The number of carbonyl (C=O) groups excluding carboxylic acids is 2. The van der Waals surface area contributed by atoms with E-state index in [9.17, 15) is 18.4 Å². The molecule has 1 heterocycles. The fourth-order valence-electron chi connectivity index (χ4n) is 3.57. The third-order valence-electron chi connectivity index (χ3n) is 4.99. The second-order valence-electron chi connectivity index (χ2n) is 6.74. The molecule has 4 nitrogen and oxygen atoms in total. The predicted octanol–water partition coefficient (Wildman–Crippen LogP) is 2.52. The number of amides is 2. The summed E-state index contributed by atoms with van der Waals surface area (Å²) in [5.41, 5.74) is 3.54. The number of hydrogen-bond donors (Lipinski definition) is 1. The minimum absolute atomic E-state index is 0.223. The van der Waals surface area contributed by atoms with Gasteiger partial charge in [-0.3, -0.25) is 14.5 Å². The lowest BCUT2D eigenvalue weighted by molar-refractivity contribution is -0.127. The van der Waals surface area contributed by atoms with Gasteiger partial charge in [0.15, 0.2) is 0 Å². The molecule has 1 aliphatic heterocycles. The molecular weight excluding hydrogens is 302 g/mol. The lowest BCUT2D eigenvalue weighted by Gasteiger charge is -2.37. The Morgan fingerprint density at radius 1 is 1.39 bits per heavy atom. The number of anilines is 1. The zero-order valence-electron chi connectivity index (χ0n) is 12.9. The fourth-order valence-corrected chi connectivity index (χ4v) is 3.57. The van der Waals surface area contributed by atoms with Crippen LogP contribution in [0, 0.1) is 17.7 Å². The Morgan fingerprint density at radius 3 is 2.70 bits per heavy atom. The first-order valence-electron chi connectivity index (χ1n) is 7.66. The number of alkyl halides is 1. The van der Waals surface area contributed by atoms with Gasteiger partial charge in [-0.15, -0.1) is 0 Å². The maximum atomic E-state index is 14.0. The topological polar surface area (TPSA) is 63.4 Å². The highest BCUT2D eigenvalue weighted by Crippen LogP contribution is 2.51. The van der Waals surface area contributed by atoms with E-state index in [2.05, 4.69) is 0 Å². The van der Waals surface area contributed by atoms with Crippen LogP contribution in [0.1, 0.15) is 32.6 Å². The molecule has 3 rings (SSSR count). The van der Waals surface area contributed by atoms with Gasteiger partial charge in [0.25, 0.3) is 0 Å². The summed E-state index contributed by atoms with van der Waals surface area (Å²) in [5.74, 6) is -1.40. The summed E-state index contributed by atoms with van der Waals surface area (Å²) in [6.07, 6.45) is 2.58. The van der Waals surface area contributed by atoms with Gasteiger partial charge < -0.3 is 5.73 Å². The molecule has 1 saturated heterocycles. The van der Waals surface area contributed by atoms with Crippen LogP contribution < -0.4 is 10.6 Å². The Hall–Kier alpha value is -1.98. The highest BCUT2D eigenvalue weighted by atomic mass is 19.1. The fraction of sp³-hybridized carbons (Fsp3) is 0.471. The molecule has 1 spiro atoms. The van der Waals surface area contributed by atoms with Crippen LogP contribution in [-0.4, -0.2) is 23.5 Å². The van der Waals surface area contributed by atoms with Crippen LogP contribution in [0.5, 0.6) is 0 Å². The monoisotopic (exact) mass is 321 g/mol. The molecule has 123 valence electrons. The number of nitrogens with two attached hydrogens (primary N) is 1. The summed E-state index contributed by atoms with van der Waals surface area (Å²) in [7, 11) is 0. The number of rotatable bonds is 2. The van der Waals surface area contributed by atoms with Crippen molar-refractivity contribution < 1.29 is 18.4 Å². The van der Waals surface area contributed by atoms with Crippen molar-refractivity contribution in [2.24, 2.45) is 11.1 Å². The van der Waals surface area contributed by atoms with Crippen LogP contribution in [0.4, 0.5) is 14.5 Å². The van der Waals surface area contributed by atoms with Crippen molar-refractivity contribution in [1.29, 1.82) is 0 Å². The van der Waals surface area contributed by atoms with Crippen LogP contribution in [0.25, 0.3) is 0 Å². The molecule has 1 aromatic rings. The van der Waals surface area contributed by atoms with Gasteiger partial charge in [-0.25, -0.2) is 8.78 Å². The third-order valence-corrected chi connectivity index (χ3v) is 4.99. The molecule has 1 aliphatic carbocycles. The Kier molecular flexibility index (Phi) is 3.65. The van der Waals surface area contributed by atoms with Crippen LogP contribution in [0.3, 0.4) is 0 Å². The van der Waals surface area contributed by atoms with Crippen molar-refractivity contribution in [3.05, 3.63) is 36.5 Å². The van der Waals surface area contributed by atoms with E-state index in [4.69, 9.17) is 5.73 Å². The van der Waals surface area contributed by atoms with Crippen molar-refractivity contribution in [3.63, 3.8) is 0 Å². The van der Waals surface area contributed by atoms with Crippen LogP contribution >= 0.6 is 0 Å². The van der Waals surface area contributed by atoms with Crippen molar-refractivity contribution >= 4 is 17.5 Å². The molecule has 3 atom stereocenters. The maximum Gasteiger partial charge on any atom is 0.240 e. The van der Waals surface area contributed by atoms with E-state index in [0.717, 1.165) is 0 Å². The van der Waals surface area contributed by atoms with Crippen LogP contribution in [0.2, 0.25) is 0 Å². The summed E-state index contributed by atoms with van der Waals surface area (Å²) < 4.78 is 27.5. The van der Waals surface area contributed by atoms with E-state index in [1.807, 2.05) is 0 Å². The Bertz CT molecular complexity index is 650. The van der Waals surface area contributed by atoms with E-state index in [0.29, 0.717) is 12.1 Å². The van der Waals surface area contributed by atoms with Gasteiger partial charge in [0.1, 0.15) is 17.5 Å². The van der Waals surface area contributed by atoms with E-state index in [1.54, 1.807) is 6.07 Å². The molecule has 1 aromatic carbocycles. The van der Waals surface area contributed by atoms with Crippen molar-refractivity contribution in [3.8, 4) is 0 Å². The Balaban J connectivity index is 1.96. The van der Waals surface area contributed by atoms with E-state index in [-0.39, 0.29) is 25.2 Å². The van der Waals surface area contributed by atoms with Gasteiger partial charge in [0.05, 0.1) is 5.41 Å². The quantitative estimate of drug-likeness (QED) is 0.910. The maximum absolute atomic E-state index is 14.0. The van der Waals surface area contributed by atoms with E-state index < -0.39 is 28.8 Å². The molecule has 1 saturated carbocycles. The Labute approximate surface area is 133 Å². The van der Waals surface area contributed by atoms with Crippen LogP contribution in [0.15, 0.2) is 24.3 Å².